The van der Waals surface area contributed by atoms with E-state index in [2.05, 4.69) is 26.5 Å². The zero-order valence-electron chi connectivity index (χ0n) is 19.0. The van der Waals surface area contributed by atoms with Crippen LogP contribution in [0.15, 0.2) is 63.8 Å². The molecule has 0 fully saturated rings. The minimum absolute atomic E-state index is 0.0379. The molecule has 0 saturated carbocycles. The second kappa shape index (κ2) is 8.89. The maximum absolute atomic E-state index is 12.1. The SMILES string of the molecule is C[N+](C)(C)CCNC(=S)c1ccc(C(=O)[O-])c(-c2c3ccc(=O)cc-3oc3cc([O-])ccc23)c1. The van der Waals surface area contributed by atoms with Crippen LogP contribution in [-0.4, -0.2) is 49.7 Å². The molecule has 0 amide bonds. The lowest BCUT2D eigenvalue weighted by molar-refractivity contribution is -0.869. The summed E-state index contributed by atoms with van der Waals surface area (Å²) < 4.78 is 6.59. The number of nitrogens with one attached hydrogen (secondary N) is 1. The van der Waals surface area contributed by atoms with Crippen molar-refractivity contribution in [2.45, 2.75) is 0 Å². The van der Waals surface area contributed by atoms with Crippen LogP contribution in [0.4, 0.5) is 0 Å². The highest BCUT2D eigenvalue weighted by Gasteiger charge is 2.21. The summed E-state index contributed by atoms with van der Waals surface area (Å²) in [7, 11) is 6.23. The van der Waals surface area contributed by atoms with Crippen molar-refractivity contribution < 1.29 is 23.9 Å². The Morgan fingerprint density at radius 1 is 1.03 bits per heavy atom. The van der Waals surface area contributed by atoms with E-state index in [-0.39, 0.29) is 28.1 Å². The van der Waals surface area contributed by atoms with Gasteiger partial charge in [-0.25, -0.2) is 0 Å². The van der Waals surface area contributed by atoms with E-state index in [1.54, 1.807) is 24.3 Å². The first-order valence-corrected chi connectivity index (χ1v) is 11.1. The van der Waals surface area contributed by atoms with Gasteiger partial charge in [0.2, 0.25) is 0 Å². The van der Waals surface area contributed by atoms with Gasteiger partial charge in [0.05, 0.1) is 40.2 Å². The van der Waals surface area contributed by atoms with E-state index in [4.69, 9.17) is 16.6 Å². The summed E-state index contributed by atoms with van der Waals surface area (Å²) in [6, 6.07) is 13.4. The molecule has 0 unspecified atom stereocenters. The number of carboxylic acids is 1. The molecule has 1 heterocycles. The Balaban J connectivity index is 1.93. The minimum Gasteiger partial charge on any atom is -0.872 e. The number of likely N-dealkylation sites (N-methyl/N-ethyl adjacent to an activating group) is 1. The first-order chi connectivity index (χ1) is 16.0. The van der Waals surface area contributed by atoms with Crippen molar-refractivity contribution in [3.05, 3.63) is 75.9 Å². The van der Waals surface area contributed by atoms with Crippen molar-refractivity contribution in [3.8, 4) is 28.2 Å². The highest BCUT2D eigenvalue weighted by atomic mass is 32.1. The number of hydrogen-bond donors (Lipinski definition) is 1. The third kappa shape index (κ3) is 4.78. The van der Waals surface area contributed by atoms with E-state index < -0.39 is 5.97 Å². The summed E-state index contributed by atoms with van der Waals surface area (Å²) in [4.78, 5) is 24.5. The van der Waals surface area contributed by atoms with Crippen molar-refractivity contribution >= 4 is 34.1 Å². The van der Waals surface area contributed by atoms with Gasteiger partial charge in [-0.05, 0) is 29.8 Å². The Bertz CT molecular complexity index is 1450. The van der Waals surface area contributed by atoms with Crippen LogP contribution in [0.25, 0.3) is 33.4 Å². The van der Waals surface area contributed by atoms with Crippen LogP contribution in [0, 0.1) is 0 Å². The number of nitrogens with zero attached hydrogens (tertiary/aromatic N) is 1. The molecule has 1 aliphatic carbocycles. The molecule has 34 heavy (non-hydrogen) atoms. The fraction of sp³-hybridized carbons (Fsp3) is 0.192. The lowest BCUT2D eigenvalue weighted by Crippen LogP contribution is -2.41. The van der Waals surface area contributed by atoms with Crippen molar-refractivity contribution in [2.24, 2.45) is 0 Å². The van der Waals surface area contributed by atoms with Crippen LogP contribution in [0.1, 0.15) is 15.9 Å². The maximum atomic E-state index is 12.1. The van der Waals surface area contributed by atoms with Gasteiger partial charge in [-0.3, -0.25) is 4.79 Å². The number of rotatable bonds is 6. The first kappa shape index (κ1) is 23.4. The Labute approximate surface area is 201 Å². The third-order valence-corrected chi connectivity index (χ3v) is 5.88. The largest absolute Gasteiger partial charge is 0.872 e. The fourth-order valence-corrected chi connectivity index (χ4v) is 4.05. The first-order valence-electron chi connectivity index (χ1n) is 10.7. The summed E-state index contributed by atoms with van der Waals surface area (Å²) in [5, 5.41) is 27.8. The molecular formula is C26H23N2O5S-. The number of thiocarbonyl (C=S) groups is 1. The molecule has 1 N–H and O–H groups in total. The van der Waals surface area contributed by atoms with E-state index in [9.17, 15) is 19.8 Å². The van der Waals surface area contributed by atoms with Gasteiger partial charge in [0.1, 0.15) is 16.3 Å². The molecule has 174 valence electrons. The molecule has 0 spiro atoms. The number of quaternary nitrogens is 1. The highest BCUT2D eigenvalue weighted by molar-refractivity contribution is 7.80. The normalized spacial score (nSPS) is 11.6. The molecule has 8 heteroatoms. The number of aromatic carboxylic acids is 1. The van der Waals surface area contributed by atoms with Gasteiger partial charge in [0, 0.05) is 33.7 Å². The number of hydrogen-bond acceptors (Lipinski definition) is 6. The Hall–Kier alpha value is -3.75. The highest BCUT2D eigenvalue weighted by Crippen LogP contribution is 2.41. The van der Waals surface area contributed by atoms with Gasteiger partial charge in [-0.2, -0.15) is 0 Å². The van der Waals surface area contributed by atoms with Crippen LogP contribution in [0.3, 0.4) is 0 Å². The molecule has 0 bridgehead atoms. The molecule has 0 aromatic heterocycles. The minimum atomic E-state index is -1.35. The van der Waals surface area contributed by atoms with Crippen molar-refractivity contribution in [1.29, 1.82) is 0 Å². The fourth-order valence-electron chi connectivity index (χ4n) is 3.82. The Morgan fingerprint density at radius 3 is 2.50 bits per heavy atom. The zero-order valence-corrected chi connectivity index (χ0v) is 19.8. The van der Waals surface area contributed by atoms with Gasteiger partial charge in [-0.1, -0.05) is 36.5 Å². The summed E-state index contributed by atoms with van der Waals surface area (Å²) in [6.07, 6.45) is 0. The van der Waals surface area contributed by atoms with Crippen LogP contribution in [-0.2, 0) is 0 Å². The molecule has 4 rings (SSSR count). The number of fused-ring (bicyclic) bond motifs is 2. The third-order valence-electron chi connectivity index (χ3n) is 5.50. The lowest BCUT2D eigenvalue weighted by atomic mass is 9.89. The van der Waals surface area contributed by atoms with E-state index in [1.165, 1.54) is 30.3 Å². The molecule has 1 aliphatic heterocycles. The Morgan fingerprint density at radius 2 is 1.79 bits per heavy atom. The standard InChI is InChI=1S/C26H24N2O5S/c1-28(2,3)11-10-27-25(34)15-4-7-18(26(31)32)21(12-15)24-19-8-5-16(29)13-22(19)33-23-14-17(30)6-9-20(23)24/h4-9,12-14H,10-11H2,1-3H3,(H2-,27,29,30,31,32,34)/p-1. The molecule has 0 radical (unpaired) electrons. The second-order valence-corrected chi connectivity index (χ2v) is 9.52. The molecule has 2 aromatic rings. The lowest BCUT2D eigenvalue weighted by Gasteiger charge is -2.24. The smallest absolute Gasteiger partial charge is 0.182 e. The molecule has 7 nitrogen and oxygen atoms in total. The van der Waals surface area contributed by atoms with Gasteiger partial charge in [0.15, 0.2) is 5.43 Å². The van der Waals surface area contributed by atoms with Gasteiger partial charge in [-0.15, -0.1) is 5.75 Å². The van der Waals surface area contributed by atoms with Gasteiger partial charge in [0.25, 0.3) is 0 Å². The molecule has 0 saturated heterocycles. The summed E-state index contributed by atoms with van der Waals surface area (Å²) in [6.45, 7) is 1.49. The summed E-state index contributed by atoms with van der Waals surface area (Å²) >= 11 is 5.57. The van der Waals surface area contributed by atoms with Crippen LogP contribution in [0.2, 0.25) is 0 Å². The van der Waals surface area contributed by atoms with Crippen LogP contribution >= 0.6 is 12.2 Å². The Kier molecular flexibility index (Phi) is 6.12. The van der Waals surface area contributed by atoms with Crippen LogP contribution in [0.5, 0.6) is 5.75 Å². The topological polar surface area (TPSA) is 105 Å². The predicted molar refractivity (Wildman–Crippen MR) is 131 cm³/mol. The van der Waals surface area contributed by atoms with Crippen LogP contribution < -0.4 is 21.0 Å². The summed E-state index contributed by atoms with van der Waals surface area (Å²) in [5.41, 5.74) is 2.00. The zero-order chi connectivity index (χ0) is 24.6. The van der Waals surface area contributed by atoms with Crippen molar-refractivity contribution in [2.75, 3.05) is 34.2 Å². The monoisotopic (exact) mass is 475 g/mol. The van der Waals surface area contributed by atoms with Gasteiger partial charge < -0.3 is 29.2 Å². The van der Waals surface area contributed by atoms with E-state index in [1.807, 2.05) is 0 Å². The average molecular weight is 476 g/mol. The second-order valence-electron chi connectivity index (χ2n) is 9.11. The predicted octanol–water partition coefficient (Wildman–Crippen LogP) is 1.97. The van der Waals surface area contributed by atoms with E-state index in [0.717, 1.165) is 11.0 Å². The maximum Gasteiger partial charge on any atom is 0.182 e. The molecular weight excluding hydrogens is 452 g/mol. The molecule has 0 atom stereocenters. The van der Waals surface area contributed by atoms with Gasteiger partial charge >= 0.3 is 0 Å². The van der Waals surface area contributed by atoms with Crippen molar-refractivity contribution in [3.63, 3.8) is 0 Å². The number of benzene rings is 3. The van der Waals surface area contributed by atoms with E-state index in [0.29, 0.717) is 39.2 Å². The number of carbonyl (C=O) groups excluding carboxylic acids is 1. The number of carbonyl (C=O) groups is 1. The molecule has 2 aromatic carbocycles. The van der Waals surface area contributed by atoms with Crippen molar-refractivity contribution in [1.82, 2.24) is 5.32 Å². The summed E-state index contributed by atoms with van der Waals surface area (Å²) in [5.74, 6) is -1.37. The average Bonchev–Trinajstić information content (AvgIpc) is 2.75. The quantitative estimate of drug-likeness (QED) is 0.258. The number of carboxylic acid groups (broad SMARTS) is 1. The molecule has 2 aliphatic rings. The van der Waals surface area contributed by atoms with E-state index >= 15 is 0 Å².